The molecule has 1 aliphatic rings. The lowest BCUT2D eigenvalue weighted by Crippen LogP contribution is -2.35. The van der Waals surface area contributed by atoms with Gasteiger partial charge in [0, 0.05) is 6.04 Å². The highest BCUT2D eigenvalue weighted by atomic mass is 16.2. The molecule has 1 heterocycles. The van der Waals surface area contributed by atoms with Crippen LogP contribution in [0.15, 0.2) is 18.2 Å². The molecular weight excluding hydrogens is 226 g/mol. The van der Waals surface area contributed by atoms with Gasteiger partial charge in [-0.3, -0.25) is 14.5 Å². The minimum Gasteiger partial charge on any atom is -0.272 e. The molecule has 3 nitrogen and oxygen atoms in total. The van der Waals surface area contributed by atoms with Gasteiger partial charge < -0.3 is 0 Å². The molecule has 1 aromatic carbocycles. The second-order valence-corrected chi connectivity index (χ2v) is 5.55. The zero-order valence-corrected chi connectivity index (χ0v) is 11.4. The number of nitrogens with zero attached hydrogens (tertiary/aromatic N) is 1. The number of benzene rings is 1. The molecule has 0 bridgehead atoms. The number of hydrogen-bond donors (Lipinski definition) is 0. The van der Waals surface area contributed by atoms with E-state index in [0.717, 1.165) is 12.0 Å². The van der Waals surface area contributed by atoms with Crippen LogP contribution in [-0.4, -0.2) is 22.8 Å². The first kappa shape index (κ1) is 12.8. The van der Waals surface area contributed by atoms with Gasteiger partial charge in [-0.25, -0.2) is 0 Å². The number of hydrogen-bond acceptors (Lipinski definition) is 2. The van der Waals surface area contributed by atoms with Gasteiger partial charge >= 0.3 is 0 Å². The molecule has 0 radical (unpaired) electrons. The predicted molar refractivity (Wildman–Crippen MR) is 70.6 cm³/mol. The van der Waals surface area contributed by atoms with Crippen molar-refractivity contribution in [1.82, 2.24) is 4.90 Å². The Balaban J connectivity index is 2.40. The van der Waals surface area contributed by atoms with Crippen molar-refractivity contribution in [2.75, 3.05) is 0 Å². The zero-order valence-electron chi connectivity index (χ0n) is 11.4. The van der Waals surface area contributed by atoms with E-state index in [4.69, 9.17) is 0 Å². The smallest absolute Gasteiger partial charge is 0.261 e. The lowest BCUT2D eigenvalue weighted by molar-refractivity contribution is 0.0609. The number of imide groups is 1. The van der Waals surface area contributed by atoms with Crippen molar-refractivity contribution >= 4 is 11.8 Å². The van der Waals surface area contributed by atoms with Gasteiger partial charge in [0.2, 0.25) is 0 Å². The van der Waals surface area contributed by atoms with Crippen LogP contribution in [0.3, 0.4) is 0 Å². The minimum atomic E-state index is -0.166. The fourth-order valence-electron chi connectivity index (χ4n) is 2.37. The third-order valence-corrected chi connectivity index (χ3v) is 3.14. The molecule has 0 atom stereocenters. The number of fused-ring (bicyclic) bond motifs is 1. The van der Waals surface area contributed by atoms with Gasteiger partial charge in [-0.15, -0.1) is 0 Å². The third kappa shape index (κ3) is 2.05. The van der Waals surface area contributed by atoms with Crippen molar-refractivity contribution in [3.8, 4) is 0 Å². The van der Waals surface area contributed by atoms with Crippen LogP contribution in [0.5, 0.6) is 0 Å². The van der Waals surface area contributed by atoms with Gasteiger partial charge in [0.1, 0.15) is 0 Å². The summed E-state index contributed by atoms with van der Waals surface area (Å²) in [4.78, 5) is 25.6. The van der Waals surface area contributed by atoms with E-state index in [1.165, 1.54) is 4.90 Å². The Morgan fingerprint density at radius 2 is 1.61 bits per heavy atom. The van der Waals surface area contributed by atoms with Crippen LogP contribution < -0.4 is 0 Å². The average Bonchev–Trinajstić information content (AvgIpc) is 2.50. The Labute approximate surface area is 108 Å². The van der Waals surface area contributed by atoms with E-state index in [1.807, 2.05) is 26.0 Å². The summed E-state index contributed by atoms with van der Waals surface area (Å²) in [6, 6.07) is 5.52. The number of carbonyl (C=O) groups is 2. The van der Waals surface area contributed by atoms with Crippen LogP contribution >= 0.6 is 0 Å². The van der Waals surface area contributed by atoms with E-state index < -0.39 is 0 Å². The van der Waals surface area contributed by atoms with E-state index in [-0.39, 0.29) is 17.9 Å². The molecule has 0 N–H and O–H groups in total. The summed E-state index contributed by atoms with van der Waals surface area (Å²) in [5, 5.41) is 0. The number of amides is 2. The van der Waals surface area contributed by atoms with Crippen LogP contribution in [-0.2, 0) is 6.42 Å². The van der Waals surface area contributed by atoms with Crippen molar-refractivity contribution in [1.29, 1.82) is 0 Å². The summed E-state index contributed by atoms with van der Waals surface area (Å²) in [6.45, 7) is 7.99. The SMILES string of the molecule is CC(C)Cc1ccc2c(c1)C(=O)N(C(C)C)C2=O. The molecule has 0 saturated carbocycles. The first-order valence-corrected chi connectivity index (χ1v) is 6.42. The molecule has 0 spiro atoms. The van der Waals surface area contributed by atoms with Crippen molar-refractivity contribution < 1.29 is 9.59 Å². The van der Waals surface area contributed by atoms with Crippen LogP contribution in [0.2, 0.25) is 0 Å². The fraction of sp³-hybridized carbons (Fsp3) is 0.467. The third-order valence-electron chi connectivity index (χ3n) is 3.14. The van der Waals surface area contributed by atoms with Crippen molar-refractivity contribution in [2.45, 2.75) is 40.2 Å². The monoisotopic (exact) mass is 245 g/mol. The molecule has 1 aliphatic heterocycles. The number of carbonyl (C=O) groups excluding carboxylic acids is 2. The summed E-state index contributed by atoms with van der Waals surface area (Å²) >= 11 is 0. The zero-order chi connectivity index (χ0) is 13.4. The van der Waals surface area contributed by atoms with E-state index >= 15 is 0 Å². The van der Waals surface area contributed by atoms with Crippen LogP contribution in [0, 0.1) is 5.92 Å². The van der Waals surface area contributed by atoms with E-state index in [1.54, 1.807) is 6.07 Å². The fourth-order valence-corrected chi connectivity index (χ4v) is 2.37. The molecule has 0 fully saturated rings. The molecule has 0 aromatic heterocycles. The quantitative estimate of drug-likeness (QED) is 0.768. The summed E-state index contributed by atoms with van der Waals surface area (Å²) in [5.74, 6) is 0.216. The van der Waals surface area contributed by atoms with Gasteiger partial charge in [-0.2, -0.15) is 0 Å². The maximum absolute atomic E-state index is 12.2. The highest BCUT2D eigenvalue weighted by Gasteiger charge is 2.36. The lowest BCUT2D eigenvalue weighted by Gasteiger charge is -2.17. The molecule has 3 heteroatoms. The van der Waals surface area contributed by atoms with E-state index in [0.29, 0.717) is 17.0 Å². The molecule has 0 saturated heterocycles. The first-order chi connectivity index (χ1) is 8.41. The minimum absolute atomic E-state index is 0.0917. The maximum Gasteiger partial charge on any atom is 0.261 e. The van der Waals surface area contributed by atoms with E-state index in [2.05, 4.69) is 13.8 Å². The summed E-state index contributed by atoms with van der Waals surface area (Å²) in [6.07, 6.45) is 0.927. The molecule has 0 aliphatic carbocycles. The van der Waals surface area contributed by atoms with Crippen molar-refractivity contribution in [3.63, 3.8) is 0 Å². The predicted octanol–water partition coefficient (Wildman–Crippen LogP) is 2.89. The average molecular weight is 245 g/mol. The second-order valence-electron chi connectivity index (χ2n) is 5.55. The standard InChI is InChI=1S/C15H19NO2/c1-9(2)7-11-5-6-12-13(8-11)15(18)16(10(3)4)14(12)17/h5-6,8-10H,7H2,1-4H3. The Hall–Kier alpha value is -1.64. The number of rotatable bonds is 3. The maximum atomic E-state index is 12.2. The Kier molecular flexibility index (Phi) is 3.24. The molecule has 0 unspecified atom stereocenters. The normalized spacial score (nSPS) is 14.9. The van der Waals surface area contributed by atoms with Gasteiger partial charge in [-0.1, -0.05) is 19.9 Å². The highest BCUT2D eigenvalue weighted by molar-refractivity contribution is 6.21. The Bertz CT molecular complexity index is 503. The van der Waals surface area contributed by atoms with Gasteiger partial charge in [0.05, 0.1) is 11.1 Å². The molecule has 2 amide bonds. The van der Waals surface area contributed by atoms with Gasteiger partial charge in [0.25, 0.3) is 11.8 Å². The molecule has 1 aromatic rings. The molecule has 96 valence electrons. The first-order valence-electron chi connectivity index (χ1n) is 6.42. The summed E-state index contributed by atoms with van der Waals surface area (Å²) in [7, 11) is 0. The molecule has 2 rings (SSSR count). The Morgan fingerprint density at radius 1 is 1.00 bits per heavy atom. The molecular formula is C15H19NO2. The van der Waals surface area contributed by atoms with Crippen molar-refractivity contribution in [3.05, 3.63) is 34.9 Å². The van der Waals surface area contributed by atoms with Gasteiger partial charge in [0.15, 0.2) is 0 Å². The lowest BCUT2D eigenvalue weighted by atomic mass is 9.99. The van der Waals surface area contributed by atoms with Crippen LogP contribution in [0.25, 0.3) is 0 Å². The highest BCUT2D eigenvalue weighted by Crippen LogP contribution is 2.26. The summed E-state index contributed by atoms with van der Waals surface area (Å²) in [5.41, 5.74) is 2.23. The largest absolute Gasteiger partial charge is 0.272 e. The van der Waals surface area contributed by atoms with E-state index in [9.17, 15) is 9.59 Å². The topological polar surface area (TPSA) is 37.4 Å². The van der Waals surface area contributed by atoms with Crippen LogP contribution in [0.1, 0.15) is 54.0 Å². The second kappa shape index (κ2) is 4.56. The van der Waals surface area contributed by atoms with Gasteiger partial charge in [-0.05, 0) is 43.9 Å². The molecule has 18 heavy (non-hydrogen) atoms. The summed E-state index contributed by atoms with van der Waals surface area (Å²) < 4.78 is 0. The van der Waals surface area contributed by atoms with Crippen molar-refractivity contribution in [2.24, 2.45) is 5.92 Å². The van der Waals surface area contributed by atoms with Crippen LogP contribution in [0.4, 0.5) is 0 Å². The Morgan fingerprint density at radius 3 is 2.17 bits per heavy atom.